The first kappa shape index (κ1) is 12.8. The summed E-state index contributed by atoms with van der Waals surface area (Å²) in [7, 11) is 0. The monoisotopic (exact) mass is 355 g/mol. The van der Waals surface area contributed by atoms with E-state index < -0.39 is 0 Å². The van der Waals surface area contributed by atoms with Crippen molar-refractivity contribution in [3.63, 3.8) is 0 Å². The fourth-order valence-corrected chi connectivity index (χ4v) is 2.89. The molecule has 3 heteroatoms. The molecule has 0 bridgehead atoms. The van der Waals surface area contributed by atoms with Crippen LogP contribution in [0.1, 0.15) is 11.1 Å². The third-order valence-electron chi connectivity index (χ3n) is 2.48. The number of benzene rings is 2. The van der Waals surface area contributed by atoms with Crippen molar-refractivity contribution in [2.75, 3.05) is 5.73 Å². The van der Waals surface area contributed by atoms with E-state index in [4.69, 9.17) is 5.73 Å². The number of thioether (sulfide) groups is 1. The molecule has 0 atom stereocenters. The first-order valence-corrected chi connectivity index (χ1v) is 7.45. The van der Waals surface area contributed by atoms with E-state index >= 15 is 0 Å². The molecule has 2 aromatic carbocycles. The number of aryl methyl sites for hydroxylation is 1. The number of hydrogen-bond acceptors (Lipinski definition) is 2. The molecule has 0 saturated carbocycles. The van der Waals surface area contributed by atoms with Crippen molar-refractivity contribution >= 4 is 40.0 Å². The SMILES string of the molecule is Cc1ccc(N)c(SCc2ccc(I)cc2)c1. The van der Waals surface area contributed by atoms with E-state index in [0.29, 0.717) is 0 Å². The fourth-order valence-electron chi connectivity index (χ4n) is 1.51. The summed E-state index contributed by atoms with van der Waals surface area (Å²) >= 11 is 4.11. The molecule has 0 heterocycles. The summed E-state index contributed by atoms with van der Waals surface area (Å²) < 4.78 is 1.27. The largest absolute Gasteiger partial charge is 0.398 e. The quantitative estimate of drug-likeness (QED) is 0.499. The number of halogens is 1. The number of nitrogens with two attached hydrogens (primary N) is 1. The van der Waals surface area contributed by atoms with Gasteiger partial charge in [-0.25, -0.2) is 0 Å². The molecule has 2 aromatic rings. The van der Waals surface area contributed by atoms with E-state index in [2.05, 4.69) is 59.8 Å². The van der Waals surface area contributed by atoms with Gasteiger partial charge in [-0.05, 0) is 64.9 Å². The van der Waals surface area contributed by atoms with Crippen LogP contribution in [0.15, 0.2) is 47.4 Å². The second kappa shape index (κ2) is 5.78. The van der Waals surface area contributed by atoms with Crippen LogP contribution in [0, 0.1) is 10.5 Å². The van der Waals surface area contributed by atoms with Gasteiger partial charge in [-0.2, -0.15) is 0 Å². The number of nitrogen functional groups attached to an aromatic ring is 1. The second-order valence-corrected chi connectivity index (χ2v) is 6.22. The first-order valence-electron chi connectivity index (χ1n) is 5.38. The molecule has 0 aromatic heterocycles. The predicted octanol–water partition coefficient (Wildman–Crippen LogP) is 4.47. The normalized spacial score (nSPS) is 10.5. The van der Waals surface area contributed by atoms with Gasteiger partial charge in [-0.15, -0.1) is 11.8 Å². The van der Waals surface area contributed by atoms with Crippen molar-refractivity contribution in [1.29, 1.82) is 0 Å². The zero-order valence-corrected chi connectivity index (χ0v) is 12.6. The Kier molecular flexibility index (Phi) is 4.34. The van der Waals surface area contributed by atoms with Gasteiger partial charge in [0.25, 0.3) is 0 Å². The standard InChI is InChI=1S/C14H14INS/c1-10-2-7-13(16)14(8-10)17-9-11-3-5-12(15)6-4-11/h2-8H,9,16H2,1H3. The maximum absolute atomic E-state index is 5.96. The molecule has 2 rings (SSSR count). The second-order valence-electron chi connectivity index (χ2n) is 3.96. The van der Waals surface area contributed by atoms with Crippen LogP contribution < -0.4 is 5.73 Å². The highest BCUT2D eigenvalue weighted by Gasteiger charge is 2.01. The Balaban J connectivity index is 2.07. The van der Waals surface area contributed by atoms with Gasteiger partial charge in [-0.3, -0.25) is 0 Å². The van der Waals surface area contributed by atoms with Crippen LogP contribution in [0.4, 0.5) is 5.69 Å². The van der Waals surface area contributed by atoms with E-state index in [1.54, 1.807) is 11.8 Å². The molecule has 0 saturated heterocycles. The zero-order chi connectivity index (χ0) is 12.3. The molecule has 0 fully saturated rings. The third kappa shape index (κ3) is 3.64. The van der Waals surface area contributed by atoms with Crippen molar-refractivity contribution in [1.82, 2.24) is 0 Å². The molecule has 2 N–H and O–H groups in total. The van der Waals surface area contributed by atoms with Crippen LogP contribution in [0.3, 0.4) is 0 Å². The highest BCUT2D eigenvalue weighted by atomic mass is 127. The van der Waals surface area contributed by atoms with Crippen LogP contribution in [0.2, 0.25) is 0 Å². The van der Waals surface area contributed by atoms with Crippen LogP contribution >= 0.6 is 34.4 Å². The Bertz CT molecular complexity index is 508. The van der Waals surface area contributed by atoms with Gasteiger partial charge in [0.15, 0.2) is 0 Å². The lowest BCUT2D eigenvalue weighted by atomic mass is 10.2. The molecule has 0 spiro atoms. The van der Waals surface area contributed by atoms with Gasteiger partial charge >= 0.3 is 0 Å². The highest BCUT2D eigenvalue weighted by molar-refractivity contribution is 14.1. The molecular weight excluding hydrogens is 341 g/mol. The third-order valence-corrected chi connectivity index (χ3v) is 4.34. The Morgan fingerprint density at radius 3 is 2.53 bits per heavy atom. The van der Waals surface area contributed by atoms with Gasteiger partial charge in [0, 0.05) is 19.9 Å². The maximum Gasteiger partial charge on any atom is 0.0452 e. The number of hydrogen-bond donors (Lipinski definition) is 1. The zero-order valence-electron chi connectivity index (χ0n) is 9.61. The first-order chi connectivity index (χ1) is 8.15. The number of rotatable bonds is 3. The maximum atomic E-state index is 5.96. The summed E-state index contributed by atoms with van der Waals surface area (Å²) in [5.41, 5.74) is 9.41. The minimum absolute atomic E-state index is 0.867. The predicted molar refractivity (Wildman–Crippen MR) is 84.3 cm³/mol. The van der Waals surface area contributed by atoms with E-state index in [0.717, 1.165) is 11.4 Å². The van der Waals surface area contributed by atoms with Crippen molar-refractivity contribution in [2.24, 2.45) is 0 Å². The van der Waals surface area contributed by atoms with Crippen molar-refractivity contribution in [2.45, 2.75) is 17.6 Å². The van der Waals surface area contributed by atoms with E-state index in [1.807, 2.05) is 12.1 Å². The smallest absolute Gasteiger partial charge is 0.0452 e. The Morgan fingerprint density at radius 1 is 1.12 bits per heavy atom. The summed E-state index contributed by atoms with van der Waals surface area (Å²) in [6, 6.07) is 14.8. The topological polar surface area (TPSA) is 26.0 Å². The lowest BCUT2D eigenvalue weighted by Gasteiger charge is -2.06. The lowest BCUT2D eigenvalue weighted by molar-refractivity contribution is 1.34. The molecule has 0 aliphatic heterocycles. The molecular formula is C14H14INS. The minimum atomic E-state index is 0.867. The summed E-state index contributed by atoms with van der Waals surface area (Å²) in [5, 5.41) is 0. The lowest BCUT2D eigenvalue weighted by Crippen LogP contribution is -1.90. The fraction of sp³-hybridized carbons (Fsp3) is 0.143. The molecule has 0 aliphatic rings. The molecule has 0 amide bonds. The van der Waals surface area contributed by atoms with E-state index in [1.165, 1.54) is 19.6 Å². The molecule has 0 radical (unpaired) electrons. The Labute approximate surface area is 120 Å². The van der Waals surface area contributed by atoms with Crippen molar-refractivity contribution in [3.8, 4) is 0 Å². The molecule has 17 heavy (non-hydrogen) atoms. The molecule has 88 valence electrons. The summed E-state index contributed by atoms with van der Waals surface area (Å²) in [4.78, 5) is 1.17. The van der Waals surface area contributed by atoms with E-state index in [9.17, 15) is 0 Å². The van der Waals surface area contributed by atoms with Crippen LogP contribution in [-0.4, -0.2) is 0 Å². The molecule has 1 nitrogen and oxygen atoms in total. The van der Waals surface area contributed by atoms with Crippen LogP contribution in [0.5, 0.6) is 0 Å². The van der Waals surface area contributed by atoms with Gasteiger partial charge in [0.2, 0.25) is 0 Å². The van der Waals surface area contributed by atoms with Crippen molar-refractivity contribution in [3.05, 3.63) is 57.2 Å². The average molecular weight is 355 g/mol. The van der Waals surface area contributed by atoms with Gasteiger partial charge in [-0.1, -0.05) is 18.2 Å². The summed E-state index contributed by atoms with van der Waals surface area (Å²) in [5.74, 6) is 0.963. The average Bonchev–Trinajstić information content (AvgIpc) is 2.32. The minimum Gasteiger partial charge on any atom is -0.398 e. The number of anilines is 1. The Hall–Kier alpha value is -0.680. The highest BCUT2D eigenvalue weighted by Crippen LogP contribution is 2.29. The van der Waals surface area contributed by atoms with E-state index in [-0.39, 0.29) is 0 Å². The van der Waals surface area contributed by atoms with Gasteiger partial charge < -0.3 is 5.73 Å². The molecule has 0 aliphatic carbocycles. The molecule has 0 unspecified atom stereocenters. The van der Waals surface area contributed by atoms with Gasteiger partial charge in [0.1, 0.15) is 0 Å². The van der Waals surface area contributed by atoms with Crippen LogP contribution in [-0.2, 0) is 5.75 Å². The van der Waals surface area contributed by atoms with Crippen molar-refractivity contribution < 1.29 is 0 Å². The summed E-state index contributed by atoms with van der Waals surface area (Å²) in [6.07, 6.45) is 0. The summed E-state index contributed by atoms with van der Waals surface area (Å²) in [6.45, 7) is 2.09. The van der Waals surface area contributed by atoms with Gasteiger partial charge in [0.05, 0.1) is 0 Å². The Morgan fingerprint density at radius 2 is 1.82 bits per heavy atom. The van der Waals surface area contributed by atoms with Crippen LogP contribution in [0.25, 0.3) is 0 Å².